The van der Waals surface area contributed by atoms with Crippen LogP contribution in [0.5, 0.6) is 5.75 Å². The molecule has 0 saturated carbocycles. The molecule has 0 aliphatic heterocycles. The van der Waals surface area contributed by atoms with Gasteiger partial charge in [-0.25, -0.2) is 18.1 Å². The molecule has 1 aliphatic carbocycles. The number of methoxy groups -OCH3 is 1. The second-order valence-electron chi connectivity index (χ2n) is 9.10. The third kappa shape index (κ3) is 6.75. The van der Waals surface area contributed by atoms with Crippen LogP contribution < -0.4 is 14.8 Å². The Bertz CT molecular complexity index is 1130. The van der Waals surface area contributed by atoms with Crippen LogP contribution in [0.2, 0.25) is 0 Å². The molecule has 1 amide bonds. The quantitative estimate of drug-likeness (QED) is 0.485. The predicted molar refractivity (Wildman–Crippen MR) is 133 cm³/mol. The Kier molecular flexibility index (Phi) is 8.10. The number of amides is 1. The molecule has 1 aliphatic rings. The zero-order valence-electron chi connectivity index (χ0n) is 19.5. The molecule has 0 spiro atoms. The second kappa shape index (κ2) is 10.6. The smallest absolute Gasteiger partial charge is 0.225 e. The van der Waals surface area contributed by atoms with Gasteiger partial charge in [-0.05, 0) is 49.1 Å². The van der Waals surface area contributed by atoms with Crippen LogP contribution in [0.25, 0.3) is 11.3 Å². The maximum absolute atomic E-state index is 12.8. The Morgan fingerprint density at radius 3 is 2.67 bits per heavy atom. The van der Waals surface area contributed by atoms with Gasteiger partial charge in [0.25, 0.3) is 0 Å². The summed E-state index contributed by atoms with van der Waals surface area (Å²) in [6.45, 7) is 7.67. The third-order valence-corrected chi connectivity index (χ3v) is 6.90. The van der Waals surface area contributed by atoms with E-state index < -0.39 is 16.3 Å². The standard InChI is InChI=1S/C24H31N3O4S2/c1-15-12-18(31-5)10-11-19(15)21-14-32-22(25-21)20(26-23(28)24(2,3)4)13-16-6-8-17(9-7-16)27-33(29)30/h6-8,10-12,14,17,20,33H,9,13H2,1-5H3,(H,26,28)(H,27,29,30)/t17?,20-/m0/s1. The summed E-state index contributed by atoms with van der Waals surface area (Å²) in [6.07, 6.45) is 6.91. The van der Waals surface area contributed by atoms with Crippen molar-refractivity contribution in [2.24, 2.45) is 5.41 Å². The number of rotatable bonds is 8. The number of thiol groups is 1. The van der Waals surface area contributed by atoms with Gasteiger partial charge in [0.2, 0.25) is 16.8 Å². The van der Waals surface area contributed by atoms with E-state index in [4.69, 9.17) is 9.72 Å². The fraction of sp³-hybridized carbons (Fsp3) is 0.417. The largest absolute Gasteiger partial charge is 0.497 e. The molecular formula is C24H31N3O4S2. The minimum absolute atomic E-state index is 0.0480. The second-order valence-corrected chi connectivity index (χ2v) is 10.8. The van der Waals surface area contributed by atoms with Gasteiger partial charge >= 0.3 is 0 Å². The van der Waals surface area contributed by atoms with Gasteiger partial charge in [-0.2, -0.15) is 0 Å². The van der Waals surface area contributed by atoms with Crippen molar-refractivity contribution in [1.82, 2.24) is 15.0 Å². The first-order valence-electron chi connectivity index (χ1n) is 10.8. The Morgan fingerprint density at radius 1 is 1.33 bits per heavy atom. The molecule has 2 N–H and O–H groups in total. The van der Waals surface area contributed by atoms with Gasteiger partial charge in [-0.3, -0.25) is 4.79 Å². The number of benzene rings is 1. The Labute approximate surface area is 201 Å². The normalized spacial score (nSPS) is 17.0. The molecule has 1 heterocycles. The fourth-order valence-corrected chi connectivity index (χ4v) is 4.81. The highest BCUT2D eigenvalue weighted by Crippen LogP contribution is 2.33. The summed E-state index contributed by atoms with van der Waals surface area (Å²) in [7, 11) is -1.00. The molecule has 0 radical (unpaired) electrons. The minimum atomic E-state index is -2.64. The van der Waals surface area contributed by atoms with Gasteiger partial charge in [-0.15, -0.1) is 11.3 Å². The van der Waals surface area contributed by atoms with Crippen molar-refractivity contribution in [3.63, 3.8) is 0 Å². The molecule has 9 heteroatoms. The minimum Gasteiger partial charge on any atom is -0.497 e. The first-order valence-corrected chi connectivity index (χ1v) is 12.8. The first kappa shape index (κ1) is 25.1. The van der Waals surface area contributed by atoms with Crippen LogP contribution in [0, 0.1) is 12.3 Å². The summed E-state index contributed by atoms with van der Waals surface area (Å²) in [4.78, 5) is 17.7. The number of thiazole rings is 1. The lowest BCUT2D eigenvalue weighted by molar-refractivity contribution is -0.129. The molecule has 1 aromatic heterocycles. The van der Waals surface area contributed by atoms with Crippen LogP contribution in [-0.4, -0.2) is 32.5 Å². The summed E-state index contributed by atoms with van der Waals surface area (Å²) in [5.41, 5.74) is 3.45. The van der Waals surface area contributed by atoms with Crippen LogP contribution in [0.1, 0.15) is 50.2 Å². The van der Waals surface area contributed by atoms with Gasteiger partial charge in [0, 0.05) is 22.4 Å². The highest BCUT2D eigenvalue weighted by molar-refractivity contribution is 7.70. The summed E-state index contributed by atoms with van der Waals surface area (Å²) < 4.78 is 29.6. The van der Waals surface area contributed by atoms with Crippen LogP contribution in [0.4, 0.5) is 0 Å². The van der Waals surface area contributed by atoms with Crippen LogP contribution >= 0.6 is 11.3 Å². The number of carbonyl (C=O) groups is 1. The lowest BCUT2D eigenvalue weighted by atomic mass is 9.93. The zero-order chi connectivity index (χ0) is 24.2. The highest BCUT2D eigenvalue weighted by Gasteiger charge is 2.27. The topological polar surface area (TPSA) is 97.4 Å². The van der Waals surface area contributed by atoms with Crippen molar-refractivity contribution in [3.05, 3.63) is 58.0 Å². The lowest BCUT2D eigenvalue weighted by Gasteiger charge is -2.24. The molecule has 2 aromatic rings. The van der Waals surface area contributed by atoms with E-state index in [2.05, 4.69) is 10.0 Å². The van der Waals surface area contributed by atoms with E-state index in [1.165, 1.54) is 11.3 Å². The third-order valence-electron chi connectivity index (χ3n) is 5.40. The van der Waals surface area contributed by atoms with Crippen molar-refractivity contribution in [2.75, 3.05) is 7.11 Å². The van der Waals surface area contributed by atoms with Crippen LogP contribution in [0.3, 0.4) is 0 Å². The van der Waals surface area contributed by atoms with Crippen molar-refractivity contribution in [1.29, 1.82) is 0 Å². The fourth-order valence-electron chi connectivity index (χ4n) is 3.48. The van der Waals surface area contributed by atoms with Crippen molar-refractivity contribution < 1.29 is 17.9 Å². The number of ether oxygens (including phenoxy) is 1. The van der Waals surface area contributed by atoms with E-state index in [0.717, 1.165) is 33.2 Å². The number of hydrogen-bond donors (Lipinski definition) is 3. The monoisotopic (exact) mass is 489 g/mol. The van der Waals surface area contributed by atoms with Gasteiger partial charge in [-0.1, -0.05) is 39.0 Å². The molecule has 7 nitrogen and oxygen atoms in total. The molecule has 0 fully saturated rings. The summed E-state index contributed by atoms with van der Waals surface area (Å²) >= 11 is 1.52. The number of allylic oxidation sites excluding steroid dienone is 1. The molecule has 3 rings (SSSR count). The summed E-state index contributed by atoms with van der Waals surface area (Å²) in [5.74, 6) is 0.750. The molecule has 0 bridgehead atoms. The molecular weight excluding hydrogens is 458 g/mol. The van der Waals surface area contributed by atoms with E-state index in [1.54, 1.807) is 7.11 Å². The summed E-state index contributed by atoms with van der Waals surface area (Å²) in [5, 5.41) is 6.00. The highest BCUT2D eigenvalue weighted by atomic mass is 32.2. The average Bonchev–Trinajstić information content (AvgIpc) is 3.23. The lowest BCUT2D eigenvalue weighted by Crippen LogP contribution is -2.37. The van der Waals surface area contributed by atoms with Gasteiger partial charge in [0.1, 0.15) is 10.8 Å². The maximum atomic E-state index is 12.8. The van der Waals surface area contributed by atoms with E-state index in [0.29, 0.717) is 12.8 Å². The van der Waals surface area contributed by atoms with E-state index in [9.17, 15) is 13.2 Å². The molecule has 0 saturated heterocycles. The maximum Gasteiger partial charge on any atom is 0.225 e. The van der Waals surface area contributed by atoms with Crippen molar-refractivity contribution >= 4 is 28.1 Å². The number of aromatic nitrogens is 1. The molecule has 1 aromatic carbocycles. The number of nitrogens with zero attached hydrogens (tertiary/aromatic N) is 1. The van der Waals surface area contributed by atoms with E-state index in [1.807, 2.05) is 69.5 Å². The molecule has 178 valence electrons. The van der Waals surface area contributed by atoms with Crippen LogP contribution in [-0.2, 0) is 15.7 Å². The van der Waals surface area contributed by atoms with Crippen molar-refractivity contribution in [2.45, 2.75) is 52.6 Å². The van der Waals surface area contributed by atoms with Gasteiger partial charge < -0.3 is 10.1 Å². The molecule has 1 unspecified atom stereocenters. The van der Waals surface area contributed by atoms with Crippen LogP contribution in [0.15, 0.2) is 47.4 Å². The first-order chi connectivity index (χ1) is 15.6. The Morgan fingerprint density at radius 2 is 2.09 bits per heavy atom. The SMILES string of the molecule is COc1ccc(-c2csc([C@H](CC3=CCC(N[SH](=O)=O)C=C3)NC(=O)C(C)(C)C)n2)c(C)c1. The van der Waals surface area contributed by atoms with E-state index >= 15 is 0 Å². The van der Waals surface area contributed by atoms with Gasteiger partial charge in [0.15, 0.2) is 0 Å². The molecule has 33 heavy (non-hydrogen) atoms. The average molecular weight is 490 g/mol. The van der Waals surface area contributed by atoms with Gasteiger partial charge in [0.05, 0.1) is 18.8 Å². The number of aryl methyl sites for hydroxylation is 1. The predicted octanol–water partition coefficient (Wildman–Crippen LogP) is 4.09. The van der Waals surface area contributed by atoms with E-state index in [-0.39, 0.29) is 18.0 Å². The summed E-state index contributed by atoms with van der Waals surface area (Å²) in [6, 6.07) is 5.37. The zero-order valence-corrected chi connectivity index (χ0v) is 21.3. The number of carbonyl (C=O) groups excluding carboxylic acids is 1. The number of hydrogen-bond acceptors (Lipinski definition) is 6. The Hall–Kier alpha value is -2.49. The number of nitrogens with one attached hydrogen (secondary N) is 2. The molecule has 2 atom stereocenters. The van der Waals surface area contributed by atoms with Crippen molar-refractivity contribution in [3.8, 4) is 17.0 Å². The Balaban J connectivity index is 1.84.